The van der Waals surface area contributed by atoms with Crippen LogP contribution in [0.15, 0.2) is 78.9 Å². The highest BCUT2D eigenvalue weighted by atomic mass is 16.5. The maximum absolute atomic E-state index is 12.4. The molecule has 0 aliphatic carbocycles. The zero-order chi connectivity index (χ0) is 22.2. The SMILES string of the molecule is COc1ccccc1OCCn1c(CNC(=O)CCc2ccccc2)nc2ccccc21. The van der Waals surface area contributed by atoms with E-state index in [1.54, 1.807) is 7.11 Å². The molecule has 0 fully saturated rings. The first kappa shape index (κ1) is 21.4. The van der Waals surface area contributed by atoms with Crippen LogP contribution in [0.5, 0.6) is 11.5 Å². The topological polar surface area (TPSA) is 65.4 Å². The van der Waals surface area contributed by atoms with Gasteiger partial charge >= 0.3 is 0 Å². The smallest absolute Gasteiger partial charge is 0.220 e. The molecule has 4 aromatic rings. The van der Waals surface area contributed by atoms with Gasteiger partial charge in [-0.05, 0) is 36.2 Å². The number of ether oxygens (including phenoxy) is 2. The number of hydrogen-bond acceptors (Lipinski definition) is 4. The van der Waals surface area contributed by atoms with Crippen molar-refractivity contribution >= 4 is 16.9 Å². The van der Waals surface area contributed by atoms with Crippen molar-refractivity contribution in [3.8, 4) is 11.5 Å². The summed E-state index contributed by atoms with van der Waals surface area (Å²) in [5.41, 5.74) is 3.08. The molecule has 1 heterocycles. The maximum atomic E-state index is 12.4. The van der Waals surface area contributed by atoms with Crippen molar-refractivity contribution < 1.29 is 14.3 Å². The fraction of sp³-hybridized carbons (Fsp3) is 0.231. The van der Waals surface area contributed by atoms with Gasteiger partial charge in [0.1, 0.15) is 12.4 Å². The number of hydrogen-bond donors (Lipinski definition) is 1. The molecule has 0 aliphatic rings. The van der Waals surface area contributed by atoms with E-state index >= 15 is 0 Å². The van der Waals surface area contributed by atoms with E-state index < -0.39 is 0 Å². The van der Waals surface area contributed by atoms with E-state index in [2.05, 4.69) is 9.88 Å². The van der Waals surface area contributed by atoms with Gasteiger partial charge in [-0.2, -0.15) is 0 Å². The minimum absolute atomic E-state index is 0.0118. The van der Waals surface area contributed by atoms with Gasteiger partial charge in [-0.15, -0.1) is 0 Å². The molecular formula is C26H27N3O3. The number of rotatable bonds is 10. The minimum atomic E-state index is 0.0118. The van der Waals surface area contributed by atoms with E-state index in [-0.39, 0.29) is 5.91 Å². The van der Waals surface area contributed by atoms with Crippen molar-refractivity contribution in [2.75, 3.05) is 13.7 Å². The number of fused-ring (bicyclic) bond motifs is 1. The normalized spacial score (nSPS) is 10.8. The lowest BCUT2D eigenvalue weighted by Crippen LogP contribution is -2.25. The average molecular weight is 430 g/mol. The number of aryl methyl sites for hydroxylation is 1. The molecule has 1 N–H and O–H groups in total. The molecule has 0 unspecified atom stereocenters. The molecule has 0 saturated heterocycles. The van der Waals surface area contributed by atoms with Crippen LogP contribution in [-0.2, 0) is 24.3 Å². The van der Waals surface area contributed by atoms with Crippen LogP contribution in [0.2, 0.25) is 0 Å². The lowest BCUT2D eigenvalue weighted by molar-refractivity contribution is -0.121. The summed E-state index contributed by atoms with van der Waals surface area (Å²) in [6.45, 7) is 1.43. The van der Waals surface area contributed by atoms with Crippen LogP contribution >= 0.6 is 0 Å². The van der Waals surface area contributed by atoms with Crippen LogP contribution in [0.25, 0.3) is 11.0 Å². The van der Waals surface area contributed by atoms with Crippen molar-refractivity contribution in [3.05, 3.63) is 90.3 Å². The van der Waals surface area contributed by atoms with Gasteiger partial charge in [-0.25, -0.2) is 4.98 Å². The molecule has 32 heavy (non-hydrogen) atoms. The lowest BCUT2D eigenvalue weighted by atomic mass is 10.1. The predicted molar refractivity (Wildman–Crippen MR) is 125 cm³/mol. The van der Waals surface area contributed by atoms with Gasteiger partial charge in [0.25, 0.3) is 0 Å². The van der Waals surface area contributed by atoms with Gasteiger partial charge in [0, 0.05) is 6.42 Å². The van der Waals surface area contributed by atoms with Crippen LogP contribution in [0.3, 0.4) is 0 Å². The number of aromatic nitrogens is 2. The Morgan fingerprint density at radius 3 is 2.47 bits per heavy atom. The molecule has 0 saturated carbocycles. The van der Waals surface area contributed by atoms with Crippen molar-refractivity contribution in [1.82, 2.24) is 14.9 Å². The highest BCUT2D eigenvalue weighted by molar-refractivity contribution is 5.77. The molecule has 0 spiro atoms. The second kappa shape index (κ2) is 10.5. The number of para-hydroxylation sites is 4. The third-order valence-electron chi connectivity index (χ3n) is 5.30. The standard InChI is InChI=1S/C26H27N3O3/c1-31-23-13-7-8-14-24(23)32-18-17-29-22-12-6-5-11-21(22)28-25(29)19-27-26(30)16-15-20-9-3-2-4-10-20/h2-14H,15-19H2,1H3,(H,27,30). The molecule has 1 aromatic heterocycles. The molecule has 0 bridgehead atoms. The number of carbonyl (C=O) groups is 1. The van der Waals surface area contributed by atoms with Gasteiger partial charge in [0.15, 0.2) is 11.5 Å². The number of carbonyl (C=O) groups excluding carboxylic acids is 1. The Balaban J connectivity index is 1.40. The van der Waals surface area contributed by atoms with Crippen LogP contribution in [0.4, 0.5) is 0 Å². The molecule has 1 amide bonds. The van der Waals surface area contributed by atoms with E-state index in [1.165, 1.54) is 0 Å². The average Bonchev–Trinajstić information content (AvgIpc) is 3.20. The Bertz CT molecular complexity index is 1170. The fourth-order valence-electron chi connectivity index (χ4n) is 3.66. The summed E-state index contributed by atoms with van der Waals surface area (Å²) in [5.74, 6) is 2.23. The minimum Gasteiger partial charge on any atom is -0.493 e. The van der Waals surface area contributed by atoms with E-state index in [0.29, 0.717) is 37.6 Å². The molecule has 0 aliphatic heterocycles. The second-order valence-electron chi connectivity index (χ2n) is 7.43. The van der Waals surface area contributed by atoms with E-state index in [9.17, 15) is 4.79 Å². The highest BCUT2D eigenvalue weighted by Crippen LogP contribution is 2.26. The van der Waals surface area contributed by atoms with Crippen molar-refractivity contribution in [2.45, 2.75) is 25.9 Å². The molecule has 164 valence electrons. The van der Waals surface area contributed by atoms with Crippen LogP contribution in [0, 0.1) is 0 Å². The summed E-state index contributed by atoms with van der Waals surface area (Å²) < 4.78 is 13.4. The number of imidazole rings is 1. The molecule has 0 radical (unpaired) electrons. The van der Waals surface area contributed by atoms with Gasteiger partial charge in [-0.3, -0.25) is 4.79 Å². The predicted octanol–water partition coefficient (Wildman–Crippen LogP) is 4.37. The van der Waals surface area contributed by atoms with Gasteiger partial charge in [0.2, 0.25) is 5.91 Å². The Labute approximate surface area is 187 Å². The number of nitrogens with one attached hydrogen (secondary N) is 1. The summed E-state index contributed by atoms with van der Waals surface area (Å²) in [6.07, 6.45) is 1.16. The van der Waals surface area contributed by atoms with Crippen LogP contribution in [-0.4, -0.2) is 29.2 Å². The van der Waals surface area contributed by atoms with Crippen LogP contribution < -0.4 is 14.8 Å². The Hall–Kier alpha value is -3.80. The largest absolute Gasteiger partial charge is 0.493 e. The summed E-state index contributed by atoms with van der Waals surface area (Å²) in [7, 11) is 1.63. The quantitative estimate of drug-likeness (QED) is 0.407. The maximum Gasteiger partial charge on any atom is 0.220 e. The van der Waals surface area contributed by atoms with Gasteiger partial charge in [0.05, 0.1) is 31.2 Å². The number of benzene rings is 3. The van der Waals surface area contributed by atoms with E-state index in [0.717, 1.165) is 28.8 Å². The zero-order valence-corrected chi connectivity index (χ0v) is 18.2. The highest BCUT2D eigenvalue weighted by Gasteiger charge is 2.12. The first-order chi connectivity index (χ1) is 15.7. The zero-order valence-electron chi connectivity index (χ0n) is 18.2. The molecule has 4 rings (SSSR count). The van der Waals surface area contributed by atoms with Crippen molar-refractivity contribution in [1.29, 1.82) is 0 Å². The summed E-state index contributed by atoms with van der Waals surface area (Å²) in [5, 5.41) is 3.01. The van der Waals surface area contributed by atoms with E-state index in [4.69, 9.17) is 14.5 Å². The van der Waals surface area contributed by atoms with Crippen molar-refractivity contribution in [2.24, 2.45) is 0 Å². The third-order valence-corrected chi connectivity index (χ3v) is 5.30. The first-order valence-corrected chi connectivity index (χ1v) is 10.7. The molecule has 6 nitrogen and oxygen atoms in total. The lowest BCUT2D eigenvalue weighted by Gasteiger charge is -2.13. The number of nitrogens with zero attached hydrogens (tertiary/aromatic N) is 2. The van der Waals surface area contributed by atoms with E-state index in [1.807, 2.05) is 78.9 Å². The monoisotopic (exact) mass is 429 g/mol. The fourth-order valence-corrected chi connectivity index (χ4v) is 3.66. The Kier molecular flexibility index (Phi) is 7.02. The Morgan fingerprint density at radius 1 is 0.938 bits per heavy atom. The molecular weight excluding hydrogens is 402 g/mol. The number of amides is 1. The number of methoxy groups -OCH3 is 1. The van der Waals surface area contributed by atoms with Gasteiger partial charge in [-0.1, -0.05) is 54.6 Å². The first-order valence-electron chi connectivity index (χ1n) is 10.7. The summed E-state index contributed by atoms with van der Waals surface area (Å²) in [6, 6.07) is 25.6. The summed E-state index contributed by atoms with van der Waals surface area (Å²) >= 11 is 0. The molecule has 6 heteroatoms. The third kappa shape index (κ3) is 5.27. The van der Waals surface area contributed by atoms with Crippen LogP contribution in [0.1, 0.15) is 17.8 Å². The Morgan fingerprint density at radius 2 is 1.66 bits per heavy atom. The molecule has 0 atom stereocenters. The summed E-state index contributed by atoms with van der Waals surface area (Å²) in [4.78, 5) is 17.1. The van der Waals surface area contributed by atoms with Crippen molar-refractivity contribution in [3.63, 3.8) is 0 Å². The molecule has 3 aromatic carbocycles. The van der Waals surface area contributed by atoms with Gasteiger partial charge < -0.3 is 19.4 Å². The second-order valence-corrected chi connectivity index (χ2v) is 7.43.